The van der Waals surface area contributed by atoms with Gasteiger partial charge in [-0.25, -0.2) is 14.8 Å². The van der Waals surface area contributed by atoms with Crippen LogP contribution in [0, 0.1) is 0 Å². The molecule has 3 rings (SSSR count). The Kier molecular flexibility index (Phi) is 11.0. The predicted molar refractivity (Wildman–Crippen MR) is 141 cm³/mol. The molecule has 0 atom stereocenters. The summed E-state index contributed by atoms with van der Waals surface area (Å²) in [5.41, 5.74) is 2.39. The summed E-state index contributed by atoms with van der Waals surface area (Å²) in [5.74, 6) is 1.20. The summed E-state index contributed by atoms with van der Waals surface area (Å²) in [6.07, 6.45) is 14.2. The van der Waals surface area contributed by atoms with Crippen molar-refractivity contribution < 1.29 is 14.3 Å². The van der Waals surface area contributed by atoms with E-state index in [1.165, 1.54) is 32.1 Å². The molecule has 0 amide bonds. The second kappa shape index (κ2) is 14.5. The van der Waals surface area contributed by atoms with Crippen LogP contribution in [0.4, 0.5) is 0 Å². The molecule has 0 fully saturated rings. The van der Waals surface area contributed by atoms with Crippen LogP contribution < -0.4 is 9.47 Å². The average Bonchev–Trinajstić information content (AvgIpc) is 2.88. The minimum atomic E-state index is -0.474. The summed E-state index contributed by atoms with van der Waals surface area (Å²) in [7, 11) is 0. The summed E-state index contributed by atoms with van der Waals surface area (Å²) in [5, 5.41) is 0.399. The average molecular weight is 495 g/mol. The summed E-state index contributed by atoms with van der Waals surface area (Å²) in [6.45, 7) is 5.00. The van der Waals surface area contributed by atoms with Crippen molar-refractivity contribution >= 4 is 17.6 Å². The van der Waals surface area contributed by atoms with Crippen LogP contribution >= 0.6 is 11.6 Å². The monoisotopic (exact) mass is 494 g/mol. The van der Waals surface area contributed by atoms with Gasteiger partial charge >= 0.3 is 5.97 Å². The first-order valence-corrected chi connectivity index (χ1v) is 13.0. The van der Waals surface area contributed by atoms with E-state index in [4.69, 9.17) is 21.1 Å². The Morgan fingerprint density at radius 1 is 0.857 bits per heavy atom. The normalized spacial score (nSPS) is 10.8. The van der Waals surface area contributed by atoms with Gasteiger partial charge in [-0.05, 0) is 67.3 Å². The molecule has 5 nitrogen and oxygen atoms in total. The first-order valence-electron chi connectivity index (χ1n) is 12.7. The van der Waals surface area contributed by atoms with E-state index >= 15 is 0 Å². The third-order valence-electron chi connectivity index (χ3n) is 5.77. The molecule has 0 N–H and O–H groups in total. The van der Waals surface area contributed by atoms with Gasteiger partial charge in [0.2, 0.25) is 0 Å². The summed E-state index contributed by atoms with van der Waals surface area (Å²) in [4.78, 5) is 21.6. The van der Waals surface area contributed by atoms with Crippen molar-refractivity contribution in [2.24, 2.45) is 0 Å². The zero-order valence-corrected chi connectivity index (χ0v) is 21.5. The van der Waals surface area contributed by atoms with E-state index in [1.807, 2.05) is 24.5 Å². The van der Waals surface area contributed by atoms with Gasteiger partial charge in [0.1, 0.15) is 11.5 Å². The van der Waals surface area contributed by atoms with Gasteiger partial charge in [0.15, 0.2) is 5.82 Å². The largest absolute Gasteiger partial charge is 0.492 e. The molecule has 1 heterocycles. The molecule has 0 aliphatic rings. The van der Waals surface area contributed by atoms with Crippen LogP contribution in [-0.4, -0.2) is 22.5 Å². The molecule has 0 unspecified atom stereocenters. The molecule has 0 bridgehead atoms. The van der Waals surface area contributed by atoms with E-state index in [-0.39, 0.29) is 0 Å². The van der Waals surface area contributed by atoms with Gasteiger partial charge < -0.3 is 9.47 Å². The van der Waals surface area contributed by atoms with Crippen molar-refractivity contribution in [2.75, 3.05) is 6.61 Å². The number of halogens is 1. The molecule has 2 aromatic carbocycles. The van der Waals surface area contributed by atoms with Crippen LogP contribution in [-0.2, 0) is 6.42 Å². The van der Waals surface area contributed by atoms with Crippen molar-refractivity contribution in [1.82, 2.24) is 9.97 Å². The Morgan fingerprint density at radius 2 is 1.54 bits per heavy atom. The maximum atomic E-state index is 12.6. The van der Waals surface area contributed by atoms with Gasteiger partial charge in [-0.2, -0.15) is 0 Å². The van der Waals surface area contributed by atoms with Crippen molar-refractivity contribution in [1.29, 1.82) is 0 Å². The van der Waals surface area contributed by atoms with Crippen LogP contribution in [0.3, 0.4) is 0 Å². The number of benzene rings is 2. The quantitative estimate of drug-likeness (QED) is 0.129. The molecular weight excluding hydrogens is 460 g/mol. The van der Waals surface area contributed by atoms with Gasteiger partial charge in [-0.1, -0.05) is 64.0 Å². The van der Waals surface area contributed by atoms with Gasteiger partial charge in [0, 0.05) is 18.0 Å². The topological polar surface area (TPSA) is 61.3 Å². The summed E-state index contributed by atoms with van der Waals surface area (Å²) < 4.78 is 11.2. The third-order valence-corrected chi connectivity index (χ3v) is 6.07. The molecule has 0 aliphatic heterocycles. The number of esters is 1. The number of nitrogens with zero attached hydrogens (tertiary/aromatic N) is 2. The number of unbranched alkanes of at least 4 members (excludes halogenated alkanes) is 6. The van der Waals surface area contributed by atoms with Crippen LogP contribution in [0.25, 0.3) is 11.4 Å². The van der Waals surface area contributed by atoms with E-state index in [2.05, 4.69) is 23.8 Å². The lowest BCUT2D eigenvalue weighted by molar-refractivity contribution is 0.0734. The summed E-state index contributed by atoms with van der Waals surface area (Å²) in [6, 6.07) is 12.1. The Balaban J connectivity index is 1.52. The Morgan fingerprint density at radius 3 is 2.20 bits per heavy atom. The lowest BCUT2D eigenvalue weighted by atomic mass is 10.1. The molecule has 0 aliphatic carbocycles. The fourth-order valence-electron chi connectivity index (χ4n) is 3.68. The number of carbonyl (C=O) groups excluding carboxylic acids is 1. The number of aromatic nitrogens is 2. The fraction of sp³-hybridized carbons (Fsp3) is 0.414. The standard InChI is InChI=1S/C29H35ClN2O3/c1-3-5-7-9-11-22-20-31-28(32-21-22)23-12-15-25(16-13-23)35-29(33)24-14-17-27(26(30)19-24)34-18-10-8-6-4-2/h12-17,19-21H,3-11,18H2,1-2H3. The van der Waals surface area contributed by atoms with E-state index < -0.39 is 5.97 Å². The zero-order chi connectivity index (χ0) is 24.9. The first kappa shape index (κ1) is 26.7. The highest BCUT2D eigenvalue weighted by Crippen LogP contribution is 2.27. The zero-order valence-electron chi connectivity index (χ0n) is 20.8. The number of aryl methyl sites for hydroxylation is 1. The maximum Gasteiger partial charge on any atom is 0.343 e. The van der Waals surface area contributed by atoms with Crippen LogP contribution in [0.2, 0.25) is 5.02 Å². The van der Waals surface area contributed by atoms with E-state index in [1.54, 1.807) is 30.3 Å². The predicted octanol–water partition coefficient (Wildman–Crippen LogP) is 8.10. The summed E-state index contributed by atoms with van der Waals surface area (Å²) >= 11 is 6.31. The highest BCUT2D eigenvalue weighted by molar-refractivity contribution is 6.32. The van der Waals surface area contributed by atoms with Crippen LogP contribution in [0.5, 0.6) is 11.5 Å². The second-order valence-corrected chi connectivity index (χ2v) is 9.10. The minimum absolute atomic E-state index is 0.371. The minimum Gasteiger partial charge on any atom is -0.492 e. The number of hydrogen-bond donors (Lipinski definition) is 0. The maximum absolute atomic E-state index is 12.6. The molecule has 0 saturated heterocycles. The molecule has 186 valence electrons. The van der Waals surface area contributed by atoms with Crippen LogP contribution in [0.1, 0.15) is 81.1 Å². The Hall–Kier alpha value is -2.92. The second-order valence-electron chi connectivity index (χ2n) is 8.69. The lowest BCUT2D eigenvalue weighted by Crippen LogP contribution is -2.08. The van der Waals surface area contributed by atoms with Gasteiger partial charge in [0.05, 0.1) is 17.2 Å². The van der Waals surface area contributed by atoms with E-state index in [9.17, 15) is 4.79 Å². The SMILES string of the molecule is CCCCCCOc1ccc(C(=O)Oc2ccc(-c3ncc(CCCCCC)cn3)cc2)cc1Cl. The molecule has 0 radical (unpaired) electrons. The smallest absolute Gasteiger partial charge is 0.343 e. The van der Waals surface area contributed by atoms with Crippen molar-refractivity contribution in [3.05, 3.63) is 71.0 Å². The fourth-order valence-corrected chi connectivity index (χ4v) is 3.92. The number of hydrogen-bond acceptors (Lipinski definition) is 5. The Bertz CT molecular complexity index is 1050. The molecule has 35 heavy (non-hydrogen) atoms. The van der Waals surface area contributed by atoms with E-state index in [0.717, 1.165) is 36.8 Å². The molecule has 6 heteroatoms. The van der Waals surface area contributed by atoms with Gasteiger partial charge in [0.25, 0.3) is 0 Å². The van der Waals surface area contributed by atoms with Gasteiger partial charge in [-0.3, -0.25) is 0 Å². The molecule has 1 aromatic heterocycles. The Labute approximate surface area is 213 Å². The van der Waals surface area contributed by atoms with Gasteiger partial charge in [-0.15, -0.1) is 0 Å². The van der Waals surface area contributed by atoms with E-state index in [0.29, 0.717) is 34.5 Å². The number of ether oxygens (including phenoxy) is 2. The molecule has 0 spiro atoms. The molecule has 3 aromatic rings. The van der Waals surface area contributed by atoms with Crippen molar-refractivity contribution in [3.63, 3.8) is 0 Å². The highest BCUT2D eigenvalue weighted by Gasteiger charge is 2.12. The van der Waals surface area contributed by atoms with Crippen LogP contribution in [0.15, 0.2) is 54.9 Å². The third kappa shape index (κ3) is 8.66. The van der Waals surface area contributed by atoms with Crippen molar-refractivity contribution in [3.8, 4) is 22.9 Å². The molecule has 0 saturated carbocycles. The van der Waals surface area contributed by atoms with Crippen molar-refractivity contribution in [2.45, 2.75) is 71.6 Å². The number of rotatable bonds is 14. The highest BCUT2D eigenvalue weighted by atomic mass is 35.5. The molecular formula is C29H35ClN2O3. The number of carbonyl (C=O) groups is 1. The first-order chi connectivity index (χ1) is 17.1. The lowest BCUT2D eigenvalue weighted by Gasteiger charge is -2.10.